The molecule has 0 radical (unpaired) electrons. The second-order valence-electron chi connectivity index (χ2n) is 6.46. The predicted molar refractivity (Wildman–Crippen MR) is 112 cm³/mol. The van der Waals surface area contributed by atoms with Crippen LogP contribution in [0.2, 0.25) is 0 Å². The lowest BCUT2D eigenvalue weighted by atomic mass is 10.1. The van der Waals surface area contributed by atoms with Crippen LogP contribution in [-0.4, -0.2) is 31.2 Å². The summed E-state index contributed by atoms with van der Waals surface area (Å²) in [6.07, 6.45) is 0. The summed E-state index contributed by atoms with van der Waals surface area (Å²) in [5.74, 6) is 0.202. The third kappa shape index (κ3) is 4.73. The summed E-state index contributed by atoms with van der Waals surface area (Å²) >= 11 is 0. The number of benzene rings is 2. The zero-order valence-corrected chi connectivity index (χ0v) is 17.1. The van der Waals surface area contributed by atoms with E-state index in [1.54, 1.807) is 44.4 Å². The minimum Gasteiger partial charge on any atom is -0.497 e. The van der Waals surface area contributed by atoms with Gasteiger partial charge >= 0.3 is 0 Å². The summed E-state index contributed by atoms with van der Waals surface area (Å²) in [4.78, 5) is 24.8. The summed E-state index contributed by atoms with van der Waals surface area (Å²) < 4.78 is 28.9. The maximum absolute atomic E-state index is 12.6. The van der Waals surface area contributed by atoms with Crippen molar-refractivity contribution in [1.29, 1.82) is 0 Å². The Balaban J connectivity index is 1.82. The summed E-state index contributed by atoms with van der Waals surface area (Å²) in [5.41, 5.74) is 1.21. The van der Waals surface area contributed by atoms with Gasteiger partial charge in [0, 0.05) is 17.3 Å². The highest BCUT2D eigenvalue weighted by atomic mass is 32.2. The molecule has 0 saturated carbocycles. The van der Waals surface area contributed by atoms with E-state index >= 15 is 0 Å². The van der Waals surface area contributed by atoms with E-state index in [1.165, 1.54) is 30.3 Å². The van der Waals surface area contributed by atoms with E-state index in [0.29, 0.717) is 17.1 Å². The number of nitrogens with one attached hydrogen (secondary N) is 1. The van der Waals surface area contributed by atoms with Gasteiger partial charge in [0.1, 0.15) is 11.8 Å². The molecule has 1 unspecified atom stereocenters. The van der Waals surface area contributed by atoms with Crippen molar-refractivity contribution >= 4 is 21.6 Å². The van der Waals surface area contributed by atoms with Crippen LogP contribution in [0.3, 0.4) is 0 Å². The molecule has 0 aliphatic rings. The Bertz CT molecular complexity index is 1220. The highest BCUT2D eigenvalue weighted by molar-refractivity contribution is 7.89. The summed E-state index contributed by atoms with van der Waals surface area (Å²) in [7, 11) is -2.26. The van der Waals surface area contributed by atoms with Crippen LogP contribution in [0.25, 0.3) is 11.3 Å². The molecule has 0 aliphatic carbocycles. The third-order valence-corrected chi connectivity index (χ3v) is 5.34. The quantitative estimate of drug-likeness (QED) is 0.615. The van der Waals surface area contributed by atoms with Crippen LogP contribution in [0, 0.1) is 0 Å². The Labute approximate surface area is 173 Å². The molecule has 1 amide bonds. The van der Waals surface area contributed by atoms with Gasteiger partial charge in [0.2, 0.25) is 15.9 Å². The molecule has 30 heavy (non-hydrogen) atoms. The molecule has 3 rings (SSSR count). The zero-order valence-electron chi connectivity index (χ0n) is 16.3. The zero-order chi connectivity index (χ0) is 21.9. The van der Waals surface area contributed by atoms with Crippen molar-refractivity contribution in [3.8, 4) is 17.0 Å². The van der Waals surface area contributed by atoms with Gasteiger partial charge in [0.25, 0.3) is 5.56 Å². The lowest BCUT2D eigenvalue weighted by Gasteiger charge is -2.15. The Morgan fingerprint density at radius 2 is 1.70 bits per heavy atom. The predicted octanol–water partition coefficient (Wildman–Crippen LogP) is 1.77. The number of carbonyl (C=O) groups excluding carboxylic acids is 1. The first kappa shape index (κ1) is 21.2. The summed E-state index contributed by atoms with van der Waals surface area (Å²) in [6, 6.07) is 14.5. The van der Waals surface area contributed by atoms with Crippen molar-refractivity contribution in [2.24, 2.45) is 5.14 Å². The average molecular weight is 428 g/mol. The van der Waals surface area contributed by atoms with Crippen LogP contribution in [0.1, 0.15) is 13.0 Å². The lowest BCUT2D eigenvalue weighted by molar-refractivity contribution is -0.119. The van der Waals surface area contributed by atoms with Crippen LogP contribution >= 0.6 is 0 Å². The standard InChI is InChI=1S/C20H20N4O5S/c1-13(20(26)22-15-5-9-17(10-6-15)30(21,27)28)24-19(25)12-11-18(23-24)14-3-7-16(29-2)8-4-14/h3-13H,1-2H3,(H,22,26)(H2,21,27,28). The van der Waals surface area contributed by atoms with E-state index in [0.717, 1.165) is 10.2 Å². The van der Waals surface area contributed by atoms with Crippen LogP contribution in [-0.2, 0) is 14.8 Å². The van der Waals surface area contributed by atoms with Crippen LogP contribution in [0.4, 0.5) is 5.69 Å². The molecule has 1 aromatic heterocycles. The van der Waals surface area contributed by atoms with Gasteiger partial charge in [-0.3, -0.25) is 9.59 Å². The molecule has 0 fully saturated rings. The first-order valence-electron chi connectivity index (χ1n) is 8.87. The molecule has 1 heterocycles. The smallest absolute Gasteiger partial charge is 0.267 e. The monoisotopic (exact) mass is 428 g/mol. The number of rotatable bonds is 6. The first-order chi connectivity index (χ1) is 14.2. The van der Waals surface area contributed by atoms with Crippen LogP contribution in [0.15, 0.2) is 70.4 Å². The van der Waals surface area contributed by atoms with Crippen molar-refractivity contribution < 1.29 is 17.9 Å². The molecule has 0 bridgehead atoms. The maximum atomic E-state index is 12.6. The van der Waals surface area contributed by atoms with Gasteiger partial charge in [-0.25, -0.2) is 18.2 Å². The molecule has 0 aliphatic heterocycles. The summed E-state index contributed by atoms with van der Waals surface area (Å²) in [6.45, 7) is 1.54. The van der Waals surface area contributed by atoms with Gasteiger partial charge in [-0.15, -0.1) is 0 Å². The van der Waals surface area contributed by atoms with E-state index in [4.69, 9.17) is 9.88 Å². The number of nitrogens with zero attached hydrogens (tertiary/aromatic N) is 2. The van der Waals surface area contributed by atoms with Gasteiger partial charge in [-0.1, -0.05) is 0 Å². The number of anilines is 1. The number of primary sulfonamides is 1. The number of aromatic nitrogens is 2. The lowest BCUT2D eigenvalue weighted by Crippen LogP contribution is -2.33. The van der Waals surface area contributed by atoms with E-state index in [-0.39, 0.29) is 4.90 Å². The Hall–Kier alpha value is -3.50. The molecule has 9 nitrogen and oxygen atoms in total. The normalized spacial score (nSPS) is 12.2. The Morgan fingerprint density at radius 1 is 1.07 bits per heavy atom. The second kappa shape index (κ2) is 8.47. The third-order valence-electron chi connectivity index (χ3n) is 4.41. The molecule has 0 saturated heterocycles. The number of carbonyl (C=O) groups is 1. The number of nitrogens with two attached hydrogens (primary N) is 1. The topological polar surface area (TPSA) is 133 Å². The van der Waals surface area contributed by atoms with Crippen molar-refractivity contribution in [3.63, 3.8) is 0 Å². The number of amides is 1. The highest BCUT2D eigenvalue weighted by Gasteiger charge is 2.19. The summed E-state index contributed by atoms with van der Waals surface area (Å²) in [5, 5.41) is 12.0. The van der Waals surface area contributed by atoms with Gasteiger partial charge in [0.15, 0.2) is 0 Å². The van der Waals surface area contributed by atoms with E-state index in [9.17, 15) is 18.0 Å². The molecule has 1 atom stereocenters. The van der Waals surface area contributed by atoms with Gasteiger partial charge in [0.05, 0.1) is 17.7 Å². The van der Waals surface area contributed by atoms with E-state index in [2.05, 4.69) is 10.4 Å². The van der Waals surface area contributed by atoms with Crippen molar-refractivity contribution in [2.45, 2.75) is 17.9 Å². The van der Waals surface area contributed by atoms with Crippen LogP contribution in [0.5, 0.6) is 5.75 Å². The molecule has 3 N–H and O–H groups in total. The SMILES string of the molecule is COc1ccc(-c2ccc(=O)n(C(C)C(=O)Nc3ccc(S(N)(=O)=O)cc3)n2)cc1. The van der Waals surface area contributed by atoms with E-state index < -0.39 is 27.5 Å². The van der Waals surface area contributed by atoms with Crippen LogP contribution < -0.4 is 20.8 Å². The van der Waals surface area contributed by atoms with Crippen molar-refractivity contribution in [2.75, 3.05) is 12.4 Å². The van der Waals surface area contributed by atoms with Gasteiger partial charge < -0.3 is 10.1 Å². The number of sulfonamides is 1. The van der Waals surface area contributed by atoms with Crippen molar-refractivity contribution in [3.05, 3.63) is 71.0 Å². The Morgan fingerprint density at radius 3 is 2.27 bits per heavy atom. The van der Waals surface area contributed by atoms with Gasteiger partial charge in [-0.2, -0.15) is 5.10 Å². The van der Waals surface area contributed by atoms with Gasteiger partial charge in [-0.05, 0) is 61.5 Å². The Kier molecular flexibility index (Phi) is 5.99. The molecule has 2 aromatic carbocycles. The molecule has 0 spiro atoms. The molecule has 3 aromatic rings. The molecular weight excluding hydrogens is 408 g/mol. The minimum absolute atomic E-state index is 0.0707. The fourth-order valence-electron chi connectivity index (χ4n) is 2.70. The second-order valence-corrected chi connectivity index (χ2v) is 8.03. The number of hydrogen-bond acceptors (Lipinski definition) is 6. The molecule has 10 heteroatoms. The van der Waals surface area contributed by atoms with Crippen molar-refractivity contribution in [1.82, 2.24) is 9.78 Å². The molecule has 156 valence electrons. The fourth-order valence-corrected chi connectivity index (χ4v) is 3.22. The highest BCUT2D eigenvalue weighted by Crippen LogP contribution is 2.20. The minimum atomic E-state index is -3.82. The fraction of sp³-hybridized carbons (Fsp3) is 0.150. The number of methoxy groups -OCH3 is 1. The number of hydrogen-bond donors (Lipinski definition) is 2. The average Bonchev–Trinajstić information content (AvgIpc) is 2.73. The maximum Gasteiger partial charge on any atom is 0.267 e. The number of ether oxygens (including phenoxy) is 1. The van der Waals surface area contributed by atoms with E-state index in [1.807, 2.05) is 0 Å². The molecular formula is C20H20N4O5S. The first-order valence-corrected chi connectivity index (χ1v) is 10.4. The largest absolute Gasteiger partial charge is 0.497 e.